The zero-order valence-corrected chi connectivity index (χ0v) is 17.0. The molecule has 0 bridgehead atoms. The van der Waals surface area contributed by atoms with E-state index in [1.165, 1.54) is 35.0 Å². The van der Waals surface area contributed by atoms with Crippen LogP contribution in [-0.4, -0.2) is 33.2 Å². The van der Waals surface area contributed by atoms with Gasteiger partial charge in [0.05, 0.1) is 11.6 Å². The van der Waals surface area contributed by atoms with E-state index >= 15 is 0 Å². The van der Waals surface area contributed by atoms with Crippen molar-refractivity contribution in [2.75, 3.05) is 6.54 Å². The summed E-state index contributed by atoms with van der Waals surface area (Å²) in [5.74, 6) is 0. The first-order chi connectivity index (χ1) is 12.6. The molecule has 0 radical (unpaired) electrons. The number of H-pyrrole nitrogens is 1. The van der Waals surface area contributed by atoms with Crippen molar-refractivity contribution in [3.8, 4) is 0 Å². The molecule has 2 aromatic rings. The van der Waals surface area contributed by atoms with Crippen molar-refractivity contribution in [2.24, 2.45) is 0 Å². The number of aliphatic hydroxyl groups is 1. The molecule has 2 N–H and O–H groups in total. The molecule has 3 nitrogen and oxygen atoms in total. The number of benzene rings is 1. The van der Waals surface area contributed by atoms with Gasteiger partial charge in [-0.15, -0.1) is 0 Å². The van der Waals surface area contributed by atoms with E-state index < -0.39 is 5.60 Å². The van der Waals surface area contributed by atoms with Crippen LogP contribution in [0.5, 0.6) is 0 Å². The van der Waals surface area contributed by atoms with Gasteiger partial charge in [0.15, 0.2) is 0 Å². The topological polar surface area (TPSA) is 39.3 Å². The summed E-state index contributed by atoms with van der Waals surface area (Å²) in [6.07, 6.45) is 7.26. The highest BCUT2D eigenvalue weighted by Gasteiger charge is 2.44. The zero-order valence-electron chi connectivity index (χ0n) is 17.0. The highest BCUT2D eigenvalue weighted by Crippen LogP contribution is 2.43. The number of aromatic nitrogens is 1. The summed E-state index contributed by atoms with van der Waals surface area (Å²) in [4.78, 5) is 6.38. The second kappa shape index (κ2) is 8.14. The third-order valence-electron chi connectivity index (χ3n) is 6.55. The molecule has 0 saturated carbocycles. The third kappa shape index (κ3) is 3.32. The van der Waals surface area contributed by atoms with Crippen LogP contribution in [0.4, 0.5) is 0 Å². The molecule has 1 aliphatic heterocycles. The van der Waals surface area contributed by atoms with Gasteiger partial charge < -0.3 is 10.1 Å². The van der Waals surface area contributed by atoms with E-state index in [1.54, 1.807) is 0 Å². The molecular formula is C23H36N2O. The lowest BCUT2D eigenvalue weighted by Crippen LogP contribution is -2.57. The molecule has 2 atom stereocenters. The minimum absolute atomic E-state index is 0.201. The third-order valence-corrected chi connectivity index (χ3v) is 6.55. The first-order valence-corrected chi connectivity index (χ1v) is 10.7. The summed E-state index contributed by atoms with van der Waals surface area (Å²) in [6, 6.07) is 9.26. The Bertz CT molecular complexity index is 716. The molecule has 2 heterocycles. The predicted octanol–water partition coefficient (Wildman–Crippen LogP) is 5.59. The summed E-state index contributed by atoms with van der Waals surface area (Å²) >= 11 is 0. The van der Waals surface area contributed by atoms with Crippen LogP contribution in [0.2, 0.25) is 0 Å². The molecule has 0 aliphatic carbocycles. The van der Waals surface area contributed by atoms with E-state index in [1.807, 2.05) is 0 Å². The molecule has 0 saturated heterocycles. The lowest BCUT2D eigenvalue weighted by molar-refractivity contribution is -0.0750. The lowest BCUT2D eigenvalue weighted by Gasteiger charge is -2.49. The number of unbranched alkanes of at least 4 members (excludes halogenated alkanes) is 1. The molecule has 1 aliphatic rings. The Hall–Kier alpha value is -1.32. The summed E-state index contributed by atoms with van der Waals surface area (Å²) in [5.41, 5.74) is 3.47. The van der Waals surface area contributed by atoms with Crippen LogP contribution in [0.15, 0.2) is 24.3 Å². The van der Waals surface area contributed by atoms with Gasteiger partial charge in [0.2, 0.25) is 0 Å². The summed E-state index contributed by atoms with van der Waals surface area (Å²) in [7, 11) is 0. The number of fused-ring (bicyclic) bond motifs is 3. The molecular weight excluding hydrogens is 320 g/mol. The van der Waals surface area contributed by atoms with Crippen molar-refractivity contribution in [1.82, 2.24) is 9.88 Å². The van der Waals surface area contributed by atoms with Crippen molar-refractivity contribution >= 4 is 10.9 Å². The van der Waals surface area contributed by atoms with Gasteiger partial charge >= 0.3 is 0 Å². The number of aromatic amines is 1. The Balaban J connectivity index is 2.12. The van der Waals surface area contributed by atoms with Crippen molar-refractivity contribution in [3.63, 3.8) is 0 Å². The molecule has 0 unspecified atom stereocenters. The number of rotatable bonds is 8. The fourth-order valence-corrected chi connectivity index (χ4v) is 4.87. The van der Waals surface area contributed by atoms with Crippen LogP contribution in [0.3, 0.4) is 0 Å². The van der Waals surface area contributed by atoms with E-state index in [0.29, 0.717) is 6.04 Å². The number of hydrogen-bond donors (Lipinski definition) is 2. The number of hydrogen-bond acceptors (Lipinski definition) is 2. The van der Waals surface area contributed by atoms with Crippen molar-refractivity contribution in [2.45, 2.75) is 90.3 Å². The van der Waals surface area contributed by atoms with Gasteiger partial charge in [-0.2, -0.15) is 0 Å². The van der Waals surface area contributed by atoms with Gasteiger partial charge in [-0.25, -0.2) is 0 Å². The molecule has 1 aromatic heterocycles. The molecule has 144 valence electrons. The van der Waals surface area contributed by atoms with Gasteiger partial charge in [-0.05, 0) is 50.3 Å². The Kier molecular flexibility index (Phi) is 6.09. The monoisotopic (exact) mass is 356 g/mol. The minimum atomic E-state index is -0.615. The molecule has 0 spiro atoms. The highest BCUT2D eigenvalue weighted by molar-refractivity contribution is 5.85. The predicted molar refractivity (Wildman–Crippen MR) is 111 cm³/mol. The standard InChI is InChI=1S/C23H36N2O/c1-5-9-15-25-20(12-6-2)22-18(16-21(25)23(26,7-3)8-4)17-13-10-11-14-19(17)24-22/h10-11,13-14,20-21,24,26H,5-9,12,15-16H2,1-4H3/t20-,21+/m1/s1. The van der Waals surface area contributed by atoms with E-state index in [-0.39, 0.29) is 6.04 Å². The Morgan fingerprint density at radius 3 is 2.50 bits per heavy atom. The Morgan fingerprint density at radius 1 is 1.12 bits per heavy atom. The van der Waals surface area contributed by atoms with Crippen molar-refractivity contribution in [3.05, 3.63) is 35.5 Å². The molecule has 3 heteroatoms. The second-order valence-electron chi connectivity index (χ2n) is 7.99. The van der Waals surface area contributed by atoms with Crippen LogP contribution in [0.25, 0.3) is 10.9 Å². The maximum Gasteiger partial charge on any atom is 0.0800 e. The fraction of sp³-hybridized carbons (Fsp3) is 0.652. The van der Waals surface area contributed by atoms with Crippen LogP contribution in [0, 0.1) is 0 Å². The average Bonchev–Trinajstić information content (AvgIpc) is 3.05. The first kappa shape index (κ1) is 19.4. The van der Waals surface area contributed by atoms with Crippen LogP contribution in [0.1, 0.15) is 83.5 Å². The average molecular weight is 357 g/mol. The lowest BCUT2D eigenvalue weighted by atomic mass is 9.78. The highest BCUT2D eigenvalue weighted by atomic mass is 16.3. The summed E-state index contributed by atoms with van der Waals surface area (Å²) < 4.78 is 0. The largest absolute Gasteiger partial charge is 0.388 e. The Morgan fingerprint density at radius 2 is 1.85 bits per heavy atom. The quantitative estimate of drug-likeness (QED) is 0.647. The summed E-state index contributed by atoms with van der Waals surface area (Å²) in [6.45, 7) is 9.88. The Labute approximate surface area is 158 Å². The van der Waals surface area contributed by atoms with E-state index in [2.05, 4.69) is 61.8 Å². The number of para-hydroxylation sites is 1. The first-order valence-electron chi connectivity index (χ1n) is 10.7. The number of nitrogens with one attached hydrogen (secondary N) is 1. The maximum absolute atomic E-state index is 11.5. The minimum Gasteiger partial charge on any atom is -0.388 e. The zero-order chi connectivity index (χ0) is 18.7. The van der Waals surface area contributed by atoms with E-state index in [0.717, 1.165) is 38.6 Å². The van der Waals surface area contributed by atoms with E-state index in [9.17, 15) is 5.11 Å². The van der Waals surface area contributed by atoms with Crippen LogP contribution < -0.4 is 0 Å². The second-order valence-corrected chi connectivity index (χ2v) is 7.99. The van der Waals surface area contributed by atoms with Crippen molar-refractivity contribution < 1.29 is 5.11 Å². The van der Waals surface area contributed by atoms with Gasteiger partial charge in [0.1, 0.15) is 0 Å². The van der Waals surface area contributed by atoms with Crippen LogP contribution in [-0.2, 0) is 6.42 Å². The van der Waals surface area contributed by atoms with Gasteiger partial charge in [-0.1, -0.05) is 58.7 Å². The van der Waals surface area contributed by atoms with Crippen molar-refractivity contribution in [1.29, 1.82) is 0 Å². The van der Waals surface area contributed by atoms with Gasteiger partial charge in [0.25, 0.3) is 0 Å². The molecule has 0 amide bonds. The SMILES string of the molecule is CCCCN1[C@H](CCC)c2[nH]c3ccccc3c2C[C@H]1C(O)(CC)CC. The van der Waals surface area contributed by atoms with Gasteiger partial charge in [0, 0.05) is 22.6 Å². The van der Waals surface area contributed by atoms with E-state index in [4.69, 9.17) is 0 Å². The number of nitrogens with zero attached hydrogens (tertiary/aromatic N) is 1. The molecule has 3 rings (SSSR count). The fourth-order valence-electron chi connectivity index (χ4n) is 4.87. The molecule has 26 heavy (non-hydrogen) atoms. The smallest absolute Gasteiger partial charge is 0.0800 e. The van der Waals surface area contributed by atoms with Gasteiger partial charge in [-0.3, -0.25) is 4.90 Å². The molecule has 1 aromatic carbocycles. The summed E-state index contributed by atoms with van der Waals surface area (Å²) in [5, 5.41) is 12.8. The maximum atomic E-state index is 11.5. The van der Waals surface area contributed by atoms with Crippen LogP contribution >= 0.6 is 0 Å². The molecule has 0 fully saturated rings. The normalized spacial score (nSPS) is 21.3.